The monoisotopic (exact) mass is 388 g/mol. The first kappa shape index (κ1) is 17.1. The third-order valence-electron chi connectivity index (χ3n) is 5.14. The summed E-state index contributed by atoms with van der Waals surface area (Å²) in [5.74, 6) is 1.86. The Balaban J connectivity index is 1.41. The molecular weight excluding hydrogens is 368 g/mol. The van der Waals surface area contributed by atoms with E-state index in [0.29, 0.717) is 4.88 Å². The first-order valence-corrected chi connectivity index (χ1v) is 10.4. The Kier molecular flexibility index (Phi) is 4.41. The lowest BCUT2D eigenvalue weighted by Gasteiger charge is -2.09. The van der Waals surface area contributed by atoms with Gasteiger partial charge >= 0.3 is 0 Å². The molecule has 0 saturated heterocycles. The van der Waals surface area contributed by atoms with Crippen LogP contribution in [0.15, 0.2) is 54.6 Å². The molecule has 0 saturated carbocycles. The van der Waals surface area contributed by atoms with E-state index in [1.54, 1.807) is 0 Å². The first-order valence-electron chi connectivity index (χ1n) is 9.60. The number of hydrogen-bond donors (Lipinski definition) is 1. The number of hydrogen-bond acceptors (Lipinski definition) is 4. The fourth-order valence-electron chi connectivity index (χ4n) is 3.72. The molecule has 0 bridgehead atoms. The molecule has 1 N–H and O–H groups in total. The van der Waals surface area contributed by atoms with E-state index >= 15 is 0 Å². The van der Waals surface area contributed by atoms with Crippen LogP contribution in [-0.4, -0.2) is 20.7 Å². The van der Waals surface area contributed by atoms with Gasteiger partial charge in [-0.25, -0.2) is 0 Å². The maximum Gasteiger partial charge on any atom is 0.265 e. The van der Waals surface area contributed by atoms with Gasteiger partial charge < -0.3 is 9.88 Å². The molecule has 1 aliphatic rings. The molecule has 0 spiro atoms. The SMILES string of the molecule is O=C(Nc1cccc(-c2nnc3n2CCCCC3)c1)c1cc2ccccc2s1. The van der Waals surface area contributed by atoms with Gasteiger partial charge in [0.2, 0.25) is 0 Å². The quantitative estimate of drug-likeness (QED) is 0.529. The van der Waals surface area contributed by atoms with Gasteiger partial charge in [-0.15, -0.1) is 21.5 Å². The third kappa shape index (κ3) is 3.20. The van der Waals surface area contributed by atoms with E-state index in [0.717, 1.165) is 52.4 Å². The number of benzene rings is 2. The van der Waals surface area contributed by atoms with E-state index in [1.807, 2.05) is 54.6 Å². The Morgan fingerprint density at radius 2 is 1.93 bits per heavy atom. The maximum atomic E-state index is 12.7. The van der Waals surface area contributed by atoms with Crippen molar-refractivity contribution in [3.05, 3.63) is 65.3 Å². The standard InChI is InChI=1S/C22H20N4OS/c27-22(19-14-15-7-3-4-10-18(15)28-19)23-17-9-6-8-16(13-17)21-25-24-20-11-2-1-5-12-26(20)21/h3-4,6-10,13-14H,1-2,5,11-12H2,(H,23,27). The van der Waals surface area contributed by atoms with Crippen molar-refractivity contribution in [2.24, 2.45) is 0 Å². The highest BCUT2D eigenvalue weighted by Gasteiger charge is 2.17. The molecule has 4 aromatic rings. The Labute approximate surface area is 167 Å². The lowest BCUT2D eigenvalue weighted by atomic mass is 10.2. The summed E-state index contributed by atoms with van der Waals surface area (Å²) >= 11 is 1.51. The van der Waals surface area contributed by atoms with E-state index in [2.05, 4.69) is 20.1 Å². The molecule has 3 heterocycles. The number of nitrogens with zero attached hydrogens (tertiary/aromatic N) is 3. The van der Waals surface area contributed by atoms with Crippen molar-refractivity contribution in [2.45, 2.75) is 32.2 Å². The smallest absolute Gasteiger partial charge is 0.265 e. The minimum Gasteiger partial charge on any atom is -0.321 e. The third-order valence-corrected chi connectivity index (χ3v) is 6.25. The van der Waals surface area contributed by atoms with Crippen LogP contribution in [0.3, 0.4) is 0 Å². The molecule has 5 nitrogen and oxygen atoms in total. The van der Waals surface area contributed by atoms with Gasteiger partial charge in [0, 0.05) is 28.9 Å². The first-order chi connectivity index (χ1) is 13.8. The van der Waals surface area contributed by atoms with Crippen LogP contribution in [0.5, 0.6) is 0 Å². The van der Waals surface area contributed by atoms with E-state index in [-0.39, 0.29) is 5.91 Å². The second-order valence-electron chi connectivity index (χ2n) is 7.09. The summed E-state index contributed by atoms with van der Waals surface area (Å²) in [5.41, 5.74) is 1.75. The Hall–Kier alpha value is -2.99. The summed E-state index contributed by atoms with van der Waals surface area (Å²) in [6.45, 7) is 0.954. The lowest BCUT2D eigenvalue weighted by Crippen LogP contribution is -2.10. The summed E-state index contributed by atoms with van der Waals surface area (Å²) in [7, 11) is 0. The van der Waals surface area contributed by atoms with E-state index in [4.69, 9.17) is 0 Å². The van der Waals surface area contributed by atoms with Crippen LogP contribution in [0, 0.1) is 0 Å². The highest BCUT2D eigenvalue weighted by molar-refractivity contribution is 7.20. The number of anilines is 1. The molecule has 0 radical (unpaired) electrons. The van der Waals surface area contributed by atoms with Crippen molar-refractivity contribution < 1.29 is 4.79 Å². The van der Waals surface area contributed by atoms with Gasteiger partial charge in [-0.2, -0.15) is 0 Å². The highest BCUT2D eigenvalue weighted by atomic mass is 32.1. The lowest BCUT2D eigenvalue weighted by molar-refractivity contribution is 0.103. The van der Waals surface area contributed by atoms with Crippen molar-refractivity contribution in [1.29, 1.82) is 0 Å². The van der Waals surface area contributed by atoms with Crippen LogP contribution < -0.4 is 5.32 Å². The zero-order valence-corrected chi connectivity index (χ0v) is 16.2. The minimum absolute atomic E-state index is 0.0848. The number of rotatable bonds is 3. The number of amides is 1. The Morgan fingerprint density at radius 1 is 1.00 bits per heavy atom. The molecule has 1 amide bonds. The molecule has 0 fully saturated rings. The molecule has 140 valence electrons. The van der Waals surface area contributed by atoms with Crippen LogP contribution in [-0.2, 0) is 13.0 Å². The molecule has 1 aliphatic heterocycles. The topological polar surface area (TPSA) is 59.8 Å². The molecule has 28 heavy (non-hydrogen) atoms. The number of nitrogens with one attached hydrogen (secondary N) is 1. The molecule has 6 heteroatoms. The fourth-order valence-corrected chi connectivity index (χ4v) is 4.68. The number of aromatic nitrogens is 3. The minimum atomic E-state index is -0.0848. The van der Waals surface area contributed by atoms with Crippen molar-refractivity contribution >= 4 is 33.0 Å². The van der Waals surface area contributed by atoms with Gasteiger partial charge in [-0.3, -0.25) is 4.79 Å². The largest absolute Gasteiger partial charge is 0.321 e. The number of carbonyl (C=O) groups is 1. The summed E-state index contributed by atoms with van der Waals surface area (Å²) in [6.07, 6.45) is 4.53. The molecular formula is C22H20N4OS. The van der Waals surface area contributed by atoms with Crippen LogP contribution in [0.1, 0.15) is 34.8 Å². The Bertz CT molecular complexity index is 1130. The average molecular weight is 388 g/mol. The number of thiophene rings is 1. The van der Waals surface area contributed by atoms with Crippen molar-refractivity contribution in [3.8, 4) is 11.4 Å². The van der Waals surface area contributed by atoms with Crippen molar-refractivity contribution in [1.82, 2.24) is 14.8 Å². The van der Waals surface area contributed by atoms with Crippen molar-refractivity contribution in [2.75, 3.05) is 5.32 Å². The normalized spacial score (nSPS) is 13.9. The van der Waals surface area contributed by atoms with E-state index in [9.17, 15) is 4.79 Å². The van der Waals surface area contributed by atoms with E-state index in [1.165, 1.54) is 24.2 Å². The summed E-state index contributed by atoms with van der Waals surface area (Å²) < 4.78 is 3.34. The summed E-state index contributed by atoms with van der Waals surface area (Å²) in [6, 6.07) is 17.9. The van der Waals surface area contributed by atoms with Gasteiger partial charge in [0.15, 0.2) is 5.82 Å². The zero-order chi connectivity index (χ0) is 18.9. The van der Waals surface area contributed by atoms with E-state index < -0.39 is 0 Å². The van der Waals surface area contributed by atoms with Gasteiger partial charge in [0.25, 0.3) is 5.91 Å². The Morgan fingerprint density at radius 3 is 2.86 bits per heavy atom. The van der Waals surface area contributed by atoms with Gasteiger partial charge in [-0.05, 0) is 42.5 Å². The summed E-state index contributed by atoms with van der Waals surface area (Å²) in [5, 5.41) is 12.9. The van der Waals surface area contributed by atoms with Crippen molar-refractivity contribution in [3.63, 3.8) is 0 Å². The fraction of sp³-hybridized carbons (Fsp3) is 0.227. The van der Waals surface area contributed by atoms with Crippen LogP contribution in [0.4, 0.5) is 5.69 Å². The maximum absolute atomic E-state index is 12.7. The molecule has 2 aromatic carbocycles. The molecule has 0 unspecified atom stereocenters. The van der Waals surface area contributed by atoms with Crippen LogP contribution in [0.25, 0.3) is 21.5 Å². The van der Waals surface area contributed by atoms with Crippen LogP contribution in [0.2, 0.25) is 0 Å². The zero-order valence-electron chi connectivity index (χ0n) is 15.4. The highest BCUT2D eigenvalue weighted by Crippen LogP contribution is 2.28. The second kappa shape index (κ2) is 7.20. The van der Waals surface area contributed by atoms with Gasteiger partial charge in [-0.1, -0.05) is 36.8 Å². The molecule has 2 aromatic heterocycles. The molecule has 0 aliphatic carbocycles. The van der Waals surface area contributed by atoms with Gasteiger partial charge in [0.1, 0.15) is 5.82 Å². The predicted molar refractivity (Wildman–Crippen MR) is 113 cm³/mol. The second-order valence-corrected chi connectivity index (χ2v) is 8.17. The van der Waals surface area contributed by atoms with Gasteiger partial charge in [0.05, 0.1) is 4.88 Å². The molecule has 0 atom stereocenters. The number of carbonyl (C=O) groups excluding carboxylic acids is 1. The van der Waals surface area contributed by atoms with Crippen LogP contribution >= 0.6 is 11.3 Å². The number of aryl methyl sites for hydroxylation is 1. The predicted octanol–water partition coefficient (Wildman–Crippen LogP) is 5.14. The summed E-state index contributed by atoms with van der Waals surface area (Å²) in [4.78, 5) is 13.4. The number of fused-ring (bicyclic) bond motifs is 2. The molecule has 5 rings (SSSR count). The average Bonchev–Trinajstić information content (AvgIpc) is 3.26.